The number of carbonyl (C=O) groups excluding carboxylic acids is 1. The normalized spacial score (nSPS) is 15.8. The molecule has 1 aromatic carbocycles. The molecule has 1 aliphatic heterocycles. The maximum absolute atomic E-state index is 12.0. The molecule has 0 saturated carbocycles. The molecule has 0 spiro atoms. The van der Waals surface area contributed by atoms with E-state index in [1.165, 1.54) is 27.4 Å². The lowest BCUT2D eigenvalue weighted by atomic mass is 10.1. The van der Waals surface area contributed by atoms with Gasteiger partial charge in [-0.1, -0.05) is 12.1 Å². The summed E-state index contributed by atoms with van der Waals surface area (Å²) in [5.74, 6) is 0.285. The number of carbonyl (C=O) groups is 1. The average molecular weight is 318 g/mol. The van der Waals surface area contributed by atoms with E-state index in [9.17, 15) is 4.79 Å². The Kier molecular flexibility index (Phi) is 3.98. The van der Waals surface area contributed by atoms with E-state index < -0.39 is 12.3 Å². The summed E-state index contributed by atoms with van der Waals surface area (Å²) in [7, 11) is 4.38. The molecule has 23 heavy (non-hydrogen) atoms. The lowest BCUT2D eigenvalue weighted by Crippen LogP contribution is -2.02. The van der Waals surface area contributed by atoms with E-state index in [0.717, 1.165) is 0 Å². The van der Waals surface area contributed by atoms with Crippen LogP contribution in [0, 0.1) is 0 Å². The highest BCUT2D eigenvalue weighted by atomic mass is 16.7. The van der Waals surface area contributed by atoms with Crippen LogP contribution in [0.25, 0.3) is 0 Å². The lowest BCUT2D eigenvalue weighted by molar-refractivity contribution is -0.0815. The summed E-state index contributed by atoms with van der Waals surface area (Å²) in [6.45, 7) is 0. The number of aromatic nitrogens is 2. The van der Waals surface area contributed by atoms with Crippen LogP contribution in [-0.4, -0.2) is 37.3 Å². The topological polar surface area (TPSA) is 89.0 Å². The van der Waals surface area contributed by atoms with Crippen LogP contribution in [-0.2, 0) is 9.47 Å². The van der Waals surface area contributed by atoms with E-state index in [-0.39, 0.29) is 29.1 Å². The monoisotopic (exact) mass is 318 g/mol. The molecule has 1 aromatic heterocycles. The molecule has 2 aromatic rings. The first-order valence-corrected chi connectivity index (χ1v) is 6.68. The van der Waals surface area contributed by atoms with Crippen molar-refractivity contribution in [1.29, 1.82) is 0 Å². The Balaban J connectivity index is 1.99. The average Bonchev–Trinajstić information content (AvgIpc) is 2.91. The summed E-state index contributed by atoms with van der Waals surface area (Å²) in [6, 6.07) is 6.57. The van der Waals surface area contributed by atoms with Gasteiger partial charge in [0.1, 0.15) is 11.3 Å². The zero-order valence-corrected chi connectivity index (χ0v) is 12.7. The molecule has 0 radical (unpaired) electrons. The zero-order chi connectivity index (χ0) is 16.4. The van der Waals surface area contributed by atoms with E-state index in [4.69, 9.17) is 23.7 Å². The van der Waals surface area contributed by atoms with Gasteiger partial charge < -0.3 is 23.7 Å². The molecular weight excluding hydrogens is 304 g/mol. The van der Waals surface area contributed by atoms with Crippen molar-refractivity contribution in [2.24, 2.45) is 0 Å². The van der Waals surface area contributed by atoms with Crippen LogP contribution in [0.15, 0.2) is 24.3 Å². The molecule has 8 heteroatoms. The van der Waals surface area contributed by atoms with Crippen molar-refractivity contribution in [2.75, 3.05) is 21.3 Å². The van der Waals surface area contributed by atoms with Gasteiger partial charge in [-0.2, -0.15) is 9.97 Å². The quantitative estimate of drug-likeness (QED) is 0.774. The van der Waals surface area contributed by atoms with Gasteiger partial charge in [-0.05, 0) is 6.07 Å². The molecule has 3 rings (SSSR count). The van der Waals surface area contributed by atoms with Crippen LogP contribution < -0.4 is 14.2 Å². The Hall–Kier alpha value is -2.87. The van der Waals surface area contributed by atoms with E-state index in [0.29, 0.717) is 5.56 Å². The van der Waals surface area contributed by atoms with E-state index in [1.54, 1.807) is 18.2 Å². The van der Waals surface area contributed by atoms with Crippen molar-refractivity contribution >= 4 is 5.97 Å². The second kappa shape index (κ2) is 6.09. The van der Waals surface area contributed by atoms with Gasteiger partial charge >= 0.3 is 12.0 Å². The Morgan fingerprint density at radius 2 is 1.78 bits per heavy atom. The van der Waals surface area contributed by atoms with Crippen LogP contribution in [0.2, 0.25) is 0 Å². The Bertz CT molecular complexity index is 726. The van der Waals surface area contributed by atoms with Crippen molar-refractivity contribution in [1.82, 2.24) is 9.97 Å². The molecule has 1 unspecified atom stereocenters. The lowest BCUT2D eigenvalue weighted by Gasteiger charge is -2.09. The van der Waals surface area contributed by atoms with E-state index >= 15 is 0 Å². The number of hydrogen-bond acceptors (Lipinski definition) is 8. The summed E-state index contributed by atoms with van der Waals surface area (Å²) in [6.07, 6.45) is -0.748. The number of rotatable bonds is 5. The molecular formula is C15H14N2O6. The maximum Gasteiger partial charge on any atom is 0.345 e. The maximum atomic E-state index is 12.0. The van der Waals surface area contributed by atoms with Gasteiger partial charge in [-0.15, -0.1) is 0 Å². The second-order valence-corrected chi connectivity index (χ2v) is 4.53. The van der Waals surface area contributed by atoms with Crippen LogP contribution in [0.5, 0.6) is 23.5 Å². The molecule has 1 atom stereocenters. The van der Waals surface area contributed by atoms with E-state index in [1.807, 2.05) is 0 Å². The largest absolute Gasteiger partial charge is 0.481 e. The Morgan fingerprint density at radius 3 is 2.39 bits per heavy atom. The highest BCUT2D eigenvalue weighted by Gasteiger charge is 2.34. The third-order valence-electron chi connectivity index (χ3n) is 3.22. The number of fused-ring (bicyclic) bond motifs is 1. The highest BCUT2D eigenvalue weighted by Crippen LogP contribution is 2.38. The third-order valence-corrected chi connectivity index (χ3v) is 3.22. The molecule has 2 heterocycles. The molecule has 0 aliphatic carbocycles. The minimum Gasteiger partial charge on any atom is -0.481 e. The molecule has 120 valence electrons. The van der Waals surface area contributed by atoms with Crippen LogP contribution in [0.1, 0.15) is 22.2 Å². The van der Waals surface area contributed by atoms with Gasteiger partial charge in [0.05, 0.1) is 20.3 Å². The number of cyclic esters (lactones) is 1. The fourth-order valence-electron chi connectivity index (χ4n) is 2.18. The van der Waals surface area contributed by atoms with Crippen molar-refractivity contribution in [3.05, 3.63) is 35.4 Å². The number of hydrogen-bond donors (Lipinski definition) is 0. The highest BCUT2D eigenvalue weighted by molar-refractivity contribution is 5.96. The number of esters is 1. The number of methoxy groups -OCH3 is 3. The summed E-state index contributed by atoms with van der Waals surface area (Å²) < 4.78 is 26.0. The summed E-state index contributed by atoms with van der Waals surface area (Å²) >= 11 is 0. The zero-order valence-electron chi connectivity index (χ0n) is 12.7. The van der Waals surface area contributed by atoms with Crippen LogP contribution in [0.4, 0.5) is 0 Å². The first-order valence-electron chi connectivity index (χ1n) is 6.68. The van der Waals surface area contributed by atoms with Crippen LogP contribution in [0.3, 0.4) is 0 Å². The standard InChI is InChI=1S/C15H14N2O6/c1-19-10-7-11(20-2)17-15(16-10)22-9-6-4-5-8-12(9)13(18)23-14(8)21-3/h4-7,14H,1-3H3. The van der Waals surface area contributed by atoms with Gasteiger partial charge in [0.2, 0.25) is 18.1 Å². The fraction of sp³-hybridized carbons (Fsp3) is 0.267. The molecule has 8 nitrogen and oxygen atoms in total. The predicted octanol–water partition coefficient (Wildman–Crippen LogP) is 2.10. The fourth-order valence-corrected chi connectivity index (χ4v) is 2.18. The van der Waals surface area contributed by atoms with Crippen molar-refractivity contribution in [3.8, 4) is 23.5 Å². The first kappa shape index (κ1) is 15.0. The summed E-state index contributed by atoms with van der Waals surface area (Å²) in [5, 5.41) is 0. The molecule has 0 saturated heterocycles. The SMILES string of the molecule is COc1cc(OC)nc(Oc2cccc3c2C(=O)OC3OC)n1. The van der Waals surface area contributed by atoms with Gasteiger partial charge in [0.15, 0.2) is 0 Å². The van der Waals surface area contributed by atoms with Crippen molar-refractivity contribution in [3.63, 3.8) is 0 Å². The van der Waals surface area contributed by atoms with Crippen molar-refractivity contribution in [2.45, 2.75) is 6.29 Å². The predicted molar refractivity (Wildman–Crippen MR) is 76.8 cm³/mol. The van der Waals surface area contributed by atoms with Gasteiger partial charge in [-0.3, -0.25) is 0 Å². The molecule has 1 aliphatic rings. The van der Waals surface area contributed by atoms with Crippen LogP contribution >= 0.6 is 0 Å². The second-order valence-electron chi connectivity index (χ2n) is 4.53. The number of benzene rings is 1. The summed E-state index contributed by atoms with van der Waals surface area (Å²) in [5.41, 5.74) is 0.870. The van der Waals surface area contributed by atoms with Gasteiger partial charge in [0, 0.05) is 12.7 Å². The molecule has 0 fully saturated rings. The van der Waals surface area contributed by atoms with Gasteiger partial charge in [-0.25, -0.2) is 4.79 Å². The Labute approximate surface area is 131 Å². The number of ether oxygens (including phenoxy) is 5. The van der Waals surface area contributed by atoms with Crippen molar-refractivity contribution < 1.29 is 28.5 Å². The van der Waals surface area contributed by atoms with Gasteiger partial charge in [0.25, 0.3) is 0 Å². The minimum absolute atomic E-state index is 0.0109. The Morgan fingerprint density at radius 1 is 1.09 bits per heavy atom. The van der Waals surface area contributed by atoms with E-state index in [2.05, 4.69) is 9.97 Å². The first-order chi connectivity index (χ1) is 11.2. The molecule has 0 amide bonds. The smallest absolute Gasteiger partial charge is 0.345 e. The molecule has 0 N–H and O–H groups in total. The molecule has 0 bridgehead atoms. The number of nitrogens with zero attached hydrogens (tertiary/aromatic N) is 2. The minimum atomic E-state index is -0.748. The third kappa shape index (κ3) is 2.76. The summed E-state index contributed by atoms with van der Waals surface area (Å²) in [4.78, 5) is 20.2.